The predicted molar refractivity (Wildman–Crippen MR) is 105 cm³/mol. The first-order valence-corrected chi connectivity index (χ1v) is 9.39. The summed E-state index contributed by atoms with van der Waals surface area (Å²) in [7, 11) is 0. The Balaban J connectivity index is 1.69. The van der Waals surface area contributed by atoms with Gasteiger partial charge in [-0.25, -0.2) is 9.02 Å². The third-order valence-corrected chi connectivity index (χ3v) is 4.09. The van der Waals surface area contributed by atoms with Crippen LogP contribution in [0.25, 0.3) is 11.3 Å². The van der Waals surface area contributed by atoms with Crippen molar-refractivity contribution in [3.05, 3.63) is 54.3 Å². The number of carbonyl (C=O) groups is 1. The number of benzene rings is 2. The molecule has 0 aliphatic rings. The molecule has 0 fully saturated rings. The minimum atomic E-state index is -0.783. The molecule has 0 aliphatic heterocycles. The van der Waals surface area contributed by atoms with E-state index in [-0.39, 0.29) is 11.6 Å². The number of hydrogen-bond donors (Lipinski definition) is 1. The number of carbonyl (C=O) groups excluding carboxylic acids is 1. The average molecular weight is 399 g/mol. The molecule has 1 atom stereocenters. The highest BCUT2D eigenvalue weighted by Crippen LogP contribution is 2.27. The Hall–Kier alpha value is -3.42. The second-order valence-electron chi connectivity index (χ2n) is 6.29. The van der Waals surface area contributed by atoms with Crippen molar-refractivity contribution in [1.82, 2.24) is 10.3 Å². The SMILES string of the molecule is CCCOc1ccc(-c2nonc2NC(=O)[C@H](CC)Oc2ccc(F)cc2)cc1. The third-order valence-electron chi connectivity index (χ3n) is 4.09. The van der Waals surface area contributed by atoms with E-state index < -0.39 is 12.0 Å². The highest BCUT2D eigenvalue weighted by atomic mass is 19.1. The lowest BCUT2D eigenvalue weighted by molar-refractivity contribution is -0.122. The Morgan fingerprint density at radius 2 is 1.76 bits per heavy atom. The smallest absolute Gasteiger partial charge is 0.266 e. The zero-order valence-electron chi connectivity index (χ0n) is 16.2. The van der Waals surface area contributed by atoms with Crippen molar-refractivity contribution in [2.24, 2.45) is 0 Å². The van der Waals surface area contributed by atoms with Crippen LogP contribution in [-0.2, 0) is 4.79 Å². The van der Waals surface area contributed by atoms with Crippen molar-refractivity contribution in [2.45, 2.75) is 32.8 Å². The zero-order valence-corrected chi connectivity index (χ0v) is 16.2. The molecule has 0 spiro atoms. The van der Waals surface area contributed by atoms with Crippen LogP contribution in [0.1, 0.15) is 26.7 Å². The number of ether oxygens (including phenoxy) is 2. The average Bonchev–Trinajstić information content (AvgIpc) is 3.20. The van der Waals surface area contributed by atoms with Crippen LogP contribution in [0.15, 0.2) is 53.2 Å². The molecular formula is C21H22FN3O4. The summed E-state index contributed by atoms with van der Waals surface area (Å²) in [5.74, 6) is 0.556. The Morgan fingerprint density at radius 1 is 1.07 bits per heavy atom. The van der Waals surface area contributed by atoms with E-state index in [1.165, 1.54) is 24.3 Å². The normalized spacial score (nSPS) is 11.7. The summed E-state index contributed by atoms with van der Waals surface area (Å²) in [6.45, 7) is 4.48. The Morgan fingerprint density at radius 3 is 2.41 bits per heavy atom. The fourth-order valence-electron chi connectivity index (χ4n) is 2.59. The second kappa shape index (κ2) is 9.68. The first kappa shape index (κ1) is 20.3. The number of rotatable bonds is 9. The van der Waals surface area contributed by atoms with Crippen LogP contribution in [0.2, 0.25) is 0 Å². The molecule has 0 unspecified atom stereocenters. The monoisotopic (exact) mass is 399 g/mol. The van der Waals surface area contributed by atoms with Gasteiger partial charge in [0.1, 0.15) is 17.3 Å². The highest BCUT2D eigenvalue weighted by Gasteiger charge is 2.22. The number of nitrogens with one attached hydrogen (secondary N) is 1. The lowest BCUT2D eigenvalue weighted by atomic mass is 10.1. The summed E-state index contributed by atoms with van der Waals surface area (Å²) in [4.78, 5) is 12.6. The van der Waals surface area contributed by atoms with Gasteiger partial charge in [-0.05, 0) is 71.7 Å². The largest absolute Gasteiger partial charge is 0.494 e. The lowest BCUT2D eigenvalue weighted by Gasteiger charge is -2.16. The van der Waals surface area contributed by atoms with Gasteiger partial charge < -0.3 is 14.8 Å². The lowest BCUT2D eigenvalue weighted by Crippen LogP contribution is -2.32. The fourth-order valence-corrected chi connectivity index (χ4v) is 2.59. The van der Waals surface area contributed by atoms with E-state index in [2.05, 4.69) is 15.6 Å². The minimum absolute atomic E-state index is 0.193. The molecule has 7 nitrogen and oxygen atoms in total. The van der Waals surface area contributed by atoms with Gasteiger partial charge in [0.2, 0.25) is 5.82 Å². The first-order chi connectivity index (χ1) is 14.1. The van der Waals surface area contributed by atoms with Gasteiger partial charge >= 0.3 is 0 Å². The first-order valence-electron chi connectivity index (χ1n) is 9.39. The van der Waals surface area contributed by atoms with Crippen molar-refractivity contribution in [3.8, 4) is 22.8 Å². The molecule has 2 aromatic carbocycles. The Bertz CT molecular complexity index is 926. The van der Waals surface area contributed by atoms with Crippen LogP contribution in [0.4, 0.5) is 10.2 Å². The van der Waals surface area contributed by atoms with Crippen molar-refractivity contribution < 1.29 is 23.3 Å². The van der Waals surface area contributed by atoms with E-state index in [4.69, 9.17) is 14.1 Å². The van der Waals surface area contributed by atoms with Gasteiger partial charge in [-0.3, -0.25) is 4.79 Å². The number of hydrogen-bond acceptors (Lipinski definition) is 6. The van der Waals surface area contributed by atoms with Gasteiger partial charge in [0, 0.05) is 5.56 Å². The summed E-state index contributed by atoms with van der Waals surface area (Å²) >= 11 is 0. The molecule has 0 bridgehead atoms. The van der Waals surface area contributed by atoms with Crippen molar-refractivity contribution in [1.29, 1.82) is 0 Å². The van der Waals surface area contributed by atoms with Crippen LogP contribution in [0.5, 0.6) is 11.5 Å². The third kappa shape index (κ3) is 5.31. The van der Waals surface area contributed by atoms with E-state index in [1.54, 1.807) is 0 Å². The van der Waals surface area contributed by atoms with Gasteiger partial charge in [-0.15, -0.1) is 0 Å². The van der Waals surface area contributed by atoms with Crippen LogP contribution < -0.4 is 14.8 Å². The van der Waals surface area contributed by atoms with Crippen molar-refractivity contribution in [2.75, 3.05) is 11.9 Å². The molecule has 8 heteroatoms. The minimum Gasteiger partial charge on any atom is -0.494 e. The Labute approximate surface area is 167 Å². The summed E-state index contributed by atoms with van der Waals surface area (Å²) < 4.78 is 29.1. The summed E-state index contributed by atoms with van der Waals surface area (Å²) in [6, 6.07) is 12.7. The molecule has 1 N–H and O–H groups in total. The van der Waals surface area contributed by atoms with Gasteiger partial charge in [0.15, 0.2) is 11.8 Å². The van der Waals surface area contributed by atoms with Gasteiger partial charge in [0.25, 0.3) is 5.91 Å². The fraction of sp³-hybridized carbons (Fsp3) is 0.286. The quantitative estimate of drug-likeness (QED) is 0.572. The molecule has 3 aromatic rings. The zero-order chi connectivity index (χ0) is 20.6. The molecule has 3 rings (SSSR count). The van der Waals surface area contributed by atoms with Gasteiger partial charge in [-0.2, -0.15) is 0 Å². The standard InChI is InChI=1S/C21H22FN3O4/c1-3-13-27-16-9-5-14(6-10-16)19-20(25-29-24-19)23-21(26)18(4-2)28-17-11-7-15(22)8-12-17/h5-12,18H,3-4,13H2,1-2H3,(H,23,25,26)/t18-/m0/s1. The highest BCUT2D eigenvalue weighted by molar-refractivity contribution is 5.96. The molecule has 0 radical (unpaired) electrons. The van der Waals surface area contributed by atoms with Gasteiger partial charge in [-0.1, -0.05) is 13.8 Å². The maximum atomic E-state index is 13.0. The predicted octanol–water partition coefficient (Wildman–Crippen LogP) is 4.46. The van der Waals surface area contributed by atoms with Crippen molar-refractivity contribution in [3.63, 3.8) is 0 Å². The molecule has 1 amide bonds. The molecule has 1 heterocycles. The second-order valence-corrected chi connectivity index (χ2v) is 6.29. The molecule has 0 saturated carbocycles. The maximum Gasteiger partial charge on any atom is 0.266 e. The number of amides is 1. The van der Waals surface area contributed by atoms with Crippen LogP contribution in [0.3, 0.4) is 0 Å². The molecule has 152 valence electrons. The Kier molecular flexibility index (Phi) is 6.78. The maximum absolute atomic E-state index is 13.0. The van der Waals surface area contributed by atoms with E-state index in [1.807, 2.05) is 38.1 Å². The van der Waals surface area contributed by atoms with Crippen LogP contribution in [-0.4, -0.2) is 28.9 Å². The number of halogens is 1. The molecule has 1 aromatic heterocycles. The number of nitrogens with zero attached hydrogens (tertiary/aromatic N) is 2. The molecule has 29 heavy (non-hydrogen) atoms. The van der Waals surface area contributed by atoms with E-state index >= 15 is 0 Å². The number of aromatic nitrogens is 2. The number of anilines is 1. The molecular weight excluding hydrogens is 377 g/mol. The van der Waals surface area contributed by atoms with E-state index in [0.29, 0.717) is 24.5 Å². The summed E-state index contributed by atoms with van der Waals surface area (Å²) in [5.41, 5.74) is 1.12. The topological polar surface area (TPSA) is 86.5 Å². The molecule has 0 aliphatic carbocycles. The van der Waals surface area contributed by atoms with Gasteiger partial charge in [0.05, 0.1) is 6.61 Å². The van der Waals surface area contributed by atoms with Crippen LogP contribution in [0, 0.1) is 5.82 Å². The van der Waals surface area contributed by atoms with Crippen molar-refractivity contribution >= 4 is 11.7 Å². The van der Waals surface area contributed by atoms with E-state index in [9.17, 15) is 9.18 Å². The van der Waals surface area contributed by atoms with E-state index in [0.717, 1.165) is 17.7 Å². The molecule has 0 saturated heterocycles. The van der Waals surface area contributed by atoms with Crippen LogP contribution >= 0.6 is 0 Å². The summed E-state index contributed by atoms with van der Waals surface area (Å²) in [5, 5.41) is 10.4. The summed E-state index contributed by atoms with van der Waals surface area (Å²) in [6.07, 6.45) is 0.548.